The molecule has 24 nitrogen and oxygen atoms in total. The first kappa shape index (κ1) is 54.7. The van der Waals surface area contributed by atoms with E-state index in [9.17, 15) is 68.4 Å². The van der Waals surface area contributed by atoms with Gasteiger partial charge in [0.25, 0.3) is 0 Å². The van der Waals surface area contributed by atoms with Crippen molar-refractivity contribution < 1.29 is 72.8 Å². The number of hydrogen-bond donors (Lipinski definition) is 12. The van der Waals surface area contributed by atoms with E-state index in [0.29, 0.717) is 0 Å². The molecule has 0 radical (unpaired) electrons. The first-order chi connectivity index (χ1) is 29.6. The number of carboxylic acid groups (broad SMARTS) is 2. The molecule has 8 amide bonds. The van der Waals surface area contributed by atoms with Crippen LogP contribution in [0.2, 0.25) is 0 Å². The van der Waals surface area contributed by atoms with Gasteiger partial charge in [-0.25, -0.2) is 4.47 Å². The molecule has 2 fully saturated rings. The molecule has 64 heavy (non-hydrogen) atoms. The second-order valence-electron chi connectivity index (χ2n) is 18.0. The van der Waals surface area contributed by atoms with Crippen molar-refractivity contribution in [1.29, 1.82) is 0 Å². The van der Waals surface area contributed by atoms with Crippen molar-refractivity contribution in [2.45, 2.75) is 162 Å². The van der Waals surface area contributed by atoms with Crippen molar-refractivity contribution >= 4 is 59.2 Å². The Labute approximate surface area is 371 Å². The maximum absolute atomic E-state index is 13.9. The maximum Gasteiger partial charge on any atom is 0.435 e. The SMILES string of the molecule is CC(C)C[C@H](NC(=O)[C@H](CC(C)C)NC(=O)[C@H](CO)NC(=O)[C@@H](NC(=O)[C@H](C)N)C(C)C)C(=O)N[C@@H](CC(=O)O)C(=O)N[C@@H](CC(C)C)C(=O)N[C@@H](CC(=O)O)C(=O)N1[O+]2[C@@H](O)[C@@]12C. The topological polar surface area (TPSA) is 368 Å². The largest absolute Gasteiger partial charge is 0.481 e. The molecule has 2 rings (SSSR count). The summed E-state index contributed by atoms with van der Waals surface area (Å²) >= 11 is 0. The zero-order chi connectivity index (χ0) is 49.1. The van der Waals surface area contributed by atoms with Crippen LogP contribution in [0.5, 0.6) is 0 Å². The lowest BCUT2D eigenvalue weighted by Crippen LogP contribution is -2.61. The lowest BCUT2D eigenvalue weighted by Gasteiger charge is -2.29. The van der Waals surface area contributed by atoms with E-state index in [4.69, 9.17) is 5.73 Å². The average molecular weight is 915 g/mol. The lowest BCUT2D eigenvalue weighted by molar-refractivity contribution is -0.173. The van der Waals surface area contributed by atoms with E-state index in [2.05, 4.69) is 41.7 Å². The summed E-state index contributed by atoms with van der Waals surface area (Å²) in [6.45, 7) is 15.6. The van der Waals surface area contributed by atoms with Crippen molar-refractivity contribution in [3.8, 4) is 0 Å². The van der Waals surface area contributed by atoms with E-state index in [1.165, 1.54) is 13.8 Å². The van der Waals surface area contributed by atoms with E-state index < -0.39 is 145 Å². The van der Waals surface area contributed by atoms with Crippen LogP contribution in [0.1, 0.15) is 101 Å². The number of hydroxylamine groups is 2. The Morgan fingerprint density at radius 3 is 1.20 bits per heavy atom. The molecule has 0 aromatic carbocycles. The van der Waals surface area contributed by atoms with Crippen LogP contribution in [0.4, 0.5) is 0 Å². The molecule has 0 spiro atoms. The highest BCUT2D eigenvalue weighted by atomic mass is 17.1. The number of carbonyl (C=O) groups excluding carboxylic acids is 8. The van der Waals surface area contributed by atoms with Gasteiger partial charge in [0, 0.05) is 0 Å². The summed E-state index contributed by atoms with van der Waals surface area (Å²) in [7, 11) is 0. The van der Waals surface area contributed by atoms with Gasteiger partial charge in [-0.05, 0) is 54.9 Å². The molecule has 362 valence electrons. The molecule has 24 heteroatoms. The summed E-state index contributed by atoms with van der Waals surface area (Å²) in [6, 6.07) is -11.3. The summed E-state index contributed by atoms with van der Waals surface area (Å²) in [4.78, 5) is 130. The first-order valence-corrected chi connectivity index (χ1v) is 21.2. The summed E-state index contributed by atoms with van der Waals surface area (Å²) in [5.74, 6) is -11.4. The second kappa shape index (κ2) is 23.5. The van der Waals surface area contributed by atoms with Gasteiger partial charge in [-0.15, -0.1) is 0 Å². The smallest absolute Gasteiger partial charge is 0.435 e. The molecular formula is C40H68N9O15+. The molecule has 2 aliphatic rings. The summed E-state index contributed by atoms with van der Waals surface area (Å²) < 4.78 is 2.16. The zero-order valence-electron chi connectivity index (χ0n) is 38.1. The van der Waals surface area contributed by atoms with Crippen LogP contribution in [0.3, 0.4) is 0 Å². The van der Waals surface area contributed by atoms with Gasteiger partial charge in [0.2, 0.25) is 41.4 Å². The van der Waals surface area contributed by atoms with Crippen LogP contribution < -0.4 is 43.0 Å². The molecule has 2 heterocycles. The predicted octanol–water partition coefficient (Wildman–Crippen LogP) is -3.18. The van der Waals surface area contributed by atoms with Crippen LogP contribution in [0.25, 0.3) is 0 Å². The van der Waals surface area contributed by atoms with E-state index in [1.54, 1.807) is 55.4 Å². The van der Waals surface area contributed by atoms with Crippen LogP contribution in [-0.4, -0.2) is 152 Å². The number of hydrogen-bond acceptors (Lipinski definition) is 13. The minimum absolute atomic E-state index is 0.0113. The molecule has 2 saturated heterocycles. The predicted molar refractivity (Wildman–Crippen MR) is 224 cm³/mol. The monoisotopic (exact) mass is 914 g/mol. The number of nitrogens with zero attached hydrogens (tertiary/aromatic N) is 1. The minimum Gasteiger partial charge on any atom is -0.481 e. The van der Waals surface area contributed by atoms with Gasteiger partial charge in [-0.3, -0.25) is 47.9 Å². The third-order valence-corrected chi connectivity index (χ3v) is 10.3. The molecule has 0 unspecified atom stereocenters. The number of aliphatic carboxylic acids is 2. The Kier molecular flexibility index (Phi) is 20.0. The Balaban J connectivity index is 2.28. The van der Waals surface area contributed by atoms with Gasteiger partial charge < -0.3 is 63.4 Å². The highest BCUT2D eigenvalue weighted by molar-refractivity contribution is 5.99. The van der Waals surface area contributed by atoms with E-state index in [1.807, 2.05) is 0 Å². The summed E-state index contributed by atoms with van der Waals surface area (Å²) in [5, 5.41) is 57.0. The number of rotatable bonds is 27. The fourth-order valence-corrected chi connectivity index (χ4v) is 6.72. The second-order valence-corrected chi connectivity index (χ2v) is 18.0. The highest BCUT2D eigenvalue weighted by Gasteiger charge is 3.01. The Morgan fingerprint density at radius 2 is 0.875 bits per heavy atom. The number of fused-ring (bicyclic) bond motifs is 1. The van der Waals surface area contributed by atoms with Crippen molar-refractivity contribution in [3.05, 3.63) is 0 Å². The molecule has 2 aliphatic heterocycles. The molecule has 10 atom stereocenters. The number of amides is 8. The van der Waals surface area contributed by atoms with Gasteiger partial charge >= 0.3 is 29.9 Å². The third-order valence-electron chi connectivity index (χ3n) is 10.3. The number of carbonyl (C=O) groups is 10. The number of nitrogens with one attached hydrogen (secondary N) is 7. The molecule has 0 bridgehead atoms. The van der Waals surface area contributed by atoms with Crippen LogP contribution in [-0.2, 0) is 52.4 Å². The molecule has 0 aromatic heterocycles. The molecule has 0 aromatic rings. The van der Waals surface area contributed by atoms with Crippen molar-refractivity contribution in [2.75, 3.05) is 6.61 Å². The maximum atomic E-state index is 13.9. The Bertz CT molecular complexity index is 1760. The number of epoxide rings is 1. The summed E-state index contributed by atoms with van der Waals surface area (Å²) in [5.41, 5.74) is 4.51. The highest BCUT2D eigenvalue weighted by Crippen LogP contribution is 2.66. The van der Waals surface area contributed by atoms with Crippen molar-refractivity contribution in [3.63, 3.8) is 0 Å². The third kappa shape index (κ3) is 15.4. The number of aliphatic hydroxyl groups excluding tert-OH is 2. The van der Waals surface area contributed by atoms with Crippen LogP contribution in [0, 0.1) is 23.7 Å². The quantitative estimate of drug-likeness (QED) is 0.0286. The van der Waals surface area contributed by atoms with Crippen molar-refractivity contribution in [2.24, 2.45) is 29.4 Å². The van der Waals surface area contributed by atoms with Crippen LogP contribution in [0.15, 0.2) is 0 Å². The van der Waals surface area contributed by atoms with Gasteiger partial charge in [-0.2, -0.15) is 0 Å². The molecule has 0 saturated carbocycles. The fourth-order valence-electron chi connectivity index (χ4n) is 6.72. The summed E-state index contributed by atoms with van der Waals surface area (Å²) in [6.07, 6.45) is -2.96. The molecule has 13 N–H and O–H groups in total. The van der Waals surface area contributed by atoms with E-state index in [-0.39, 0.29) is 37.0 Å². The average Bonchev–Trinajstić information content (AvgIpc) is 3.99. The van der Waals surface area contributed by atoms with E-state index >= 15 is 0 Å². The Hall–Kier alpha value is -5.46. The van der Waals surface area contributed by atoms with Gasteiger partial charge in [0.05, 0.1) is 32.4 Å². The van der Waals surface area contributed by atoms with Gasteiger partial charge in [-0.1, -0.05) is 55.4 Å². The number of carboxylic acids is 2. The fraction of sp³-hybridized carbons (Fsp3) is 0.750. The lowest BCUT2D eigenvalue weighted by atomic mass is 9.99. The van der Waals surface area contributed by atoms with Crippen molar-refractivity contribution in [1.82, 2.24) is 42.3 Å². The number of nitrogens with two attached hydrogens (primary N) is 1. The van der Waals surface area contributed by atoms with Crippen LogP contribution >= 0.6 is 0 Å². The standard InChI is InChI=1S/C40H67N9O15/c1-17(2)11-22(42-32(56)23(12-18(3)4)44-36(60)27(16-50)47-37(61)30(20(7)8)48-31(55)21(9)41)33(57)45-25(14-28(51)52)35(59)43-24(13-19(5)6)34(58)46-26(15-29(53)54)38(62)49-40(10)39(63)64(40)49/h17-27,30,39,50,63H,11-16,41H2,1-10H3,(H8-,42,43,44,45,46,47,48,51,52,53,54,55,56,57,58,59,60,61)/p+1/t21-,22-,23-,24-,25-,26-,27-,30-,39+,40-,49?/m0/s1. The molecular weight excluding hydrogens is 846 g/mol. The van der Waals surface area contributed by atoms with E-state index in [0.717, 1.165) is 5.06 Å². The van der Waals surface area contributed by atoms with Gasteiger partial charge in [0.1, 0.15) is 42.3 Å². The normalized spacial score (nSPS) is 20.3. The first-order valence-electron chi connectivity index (χ1n) is 21.2. The van der Waals surface area contributed by atoms with Gasteiger partial charge in [0.15, 0.2) is 0 Å². The molecule has 0 aliphatic carbocycles. The Morgan fingerprint density at radius 1 is 0.547 bits per heavy atom. The zero-order valence-corrected chi connectivity index (χ0v) is 38.1. The minimum atomic E-state index is -1.82. The number of aliphatic hydroxyl groups is 2.